The fourth-order valence-corrected chi connectivity index (χ4v) is 3.68. The molecular weight excluding hydrogens is 416 g/mol. The first-order valence-corrected chi connectivity index (χ1v) is 10.7. The predicted octanol–water partition coefficient (Wildman–Crippen LogP) is 5.52. The van der Waals surface area contributed by atoms with Crippen LogP contribution in [0.2, 0.25) is 0 Å². The van der Waals surface area contributed by atoms with Gasteiger partial charge in [0.15, 0.2) is 5.65 Å². The number of ether oxygens (including phenoxy) is 2. The molecule has 5 rings (SSSR count). The van der Waals surface area contributed by atoms with Gasteiger partial charge >= 0.3 is 5.97 Å². The van der Waals surface area contributed by atoms with Crippen molar-refractivity contribution in [2.75, 3.05) is 12.3 Å². The molecule has 7 heteroatoms. The van der Waals surface area contributed by atoms with E-state index in [0.717, 1.165) is 11.4 Å². The van der Waals surface area contributed by atoms with E-state index >= 15 is 0 Å². The van der Waals surface area contributed by atoms with E-state index in [1.165, 1.54) is 0 Å². The first-order valence-electron chi connectivity index (χ1n) is 10.7. The molecular formula is C26H22N4O3. The number of aromatic nitrogens is 3. The molecule has 0 saturated carbocycles. The highest BCUT2D eigenvalue weighted by atomic mass is 16.5. The van der Waals surface area contributed by atoms with Crippen LogP contribution < -0.4 is 10.5 Å². The highest BCUT2D eigenvalue weighted by Gasteiger charge is 2.25. The third-order valence-corrected chi connectivity index (χ3v) is 5.21. The van der Waals surface area contributed by atoms with Gasteiger partial charge in [0.2, 0.25) is 0 Å². The van der Waals surface area contributed by atoms with Gasteiger partial charge in [-0.1, -0.05) is 37.3 Å². The van der Waals surface area contributed by atoms with E-state index in [4.69, 9.17) is 25.2 Å². The molecule has 0 aliphatic heterocycles. The standard InChI is InChI=1S/C26H22N4O3/c1-2-16-32-26(31)22-23-25(29-21-11-7-6-10-20(21)28-23)30(24(22)27)17-12-14-19(15-13-17)33-18-8-4-3-5-9-18/h3-15H,2,16,27H2,1H3. The number of carbonyl (C=O) groups is 1. The van der Waals surface area contributed by atoms with Crippen LogP contribution in [0.1, 0.15) is 23.7 Å². The van der Waals surface area contributed by atoms with Gasteiger partial charge in [0.25, 0.3) is 0 Å². The number of hydrogen-bond acceptors (Lipinski definition) is 6. The van der Waals surface area contributed by atoms with E-state index in [9.17, 15) is 4.79 Å². The summed E-state index contributed by atoms with van der Waals surface area (Å²) in [4.78, 5) is 22.3. The summed E-state index contributed by atoms with van der Waals surface area (Å²) in [6.07, 6.45) is 0.710. The average Bonchev–Trinajstić information content (AvgIpc) is 3.13. The molecule has 0 aliphatic rings. The molecule has 2 heterocycles. The topological polar surface area (TPSA) is 92.3 Å². The fourth-order valence-electron chi connectivity index (χ4n) is 3.68. The van der Waals surface area contributed by atoms with Gasteiger partial charge in [0.05, 0.1) is 17.6 Å². The number of nitrogens with two attached hydrogens (primary N) is 1. The van der Waals surface area contributed by atoms with Crippen molar-refractivity contribution in [2.24, 2.45) is 0 Å². The van der Waals surface area contributed by atoms with Crippen LogP contribution in [0.4, 0.5) is 5.82 Å². The van der Waals surface area contributed by atoms with Crippen molar-refractivity contribution in [1.82, 2.24) is 14.5 Å². The molecule has 5 aromatic rings. The lowest BCUT2D eigenvalue weighted by Gasteiger charge is -2.10. The van der Waals surface area contributed by atoms with Crippen molar-refractivity contribution in [3.8, 4) is 17.2 Å². The van der Waals surface area contributed by atoms with Crippen molar-refractivity contribution in [2.45, 2.75) is 13.3 Å². The van der Waals surface area contributed by atoms with Crippen LogP contribution in [0.25, 0.3) is 27.9 Å². The SMILES string of the molecule is CCCOC(=O)c1c(N)n(-c2ccc(Oc3ccccc3)cc2)c2nc3ccccc3nc12. The molecule has 0 unspecified atom stereocenters. The molecule has 0 saturated heterocycles. The highest BCUT2D eigenvalue weighted by Crippen LogP contribution is 2.32. The Labute approximate surface area is 190 Å². The first-order chi connectivity index (χ1) is 16.2. The quantitative estimate of drug-likeness (QED) is 0.351. The summed E-state index contributed by atoms with van der Waals surface area (Å²) < 4.78 is 13.0. The Balaban J connectivity index is 1.63. The van der Waals surface area contributed by atoms with Gasteiger partial charge in [0, 0.05) is 5.69 Å². The molecule has 2 N–H and O–H groups in total. The normalized spacial score (nSPS) is 11.1. The van der Waals surface area contributed by atoms with Gasteiger partial charge in [-0.05, 0) is 55.0 Å². The van der Waals surface area contributed by atoms with Crippen LogP contribution in [0.5, 0.6) is 11.5 Å². The summed E-state index contributed by atoms with van der Waals surface area (Å²) in [5.74, 6) is 1.15. The lowest BCUT2D eigenvalue weighted by Crippen LogP contribution is -2.09. The van der Waals surface area contributed by atoms with Gasteiger partial charge in [-0.15, -0.1) is 0 Å². The van der Waals surface area contributed by atoms with Gasteiger partial charge in [-0.25, -0.2) is 14.8 Å². The number of para-hydroxylation sites is 3. The Kier molecular flexibility index (Phi) is 5.36. The van der Waals surface area contributed by atoms with Crippen LogP contribution in [0.3, 0.4) is 0 Å². The monoisotopic (exact) mass is 438 g/mol. The Hall–Kier alpha value is -4.39. The molecule has 0 radical (unpaired) electrons. The zero-order valence-electron chi connectivity index (χ0n) is 18.1. The molecule has 2 aromatic heterocycles. The Morgan fingerprint density at radius 3 is 2.21 bits per heavy atom. The second-order valence-corrected chi connectivity index (χ2v) is 7.53. The number of anilines is 1. The van der Waals surface area contributed by atoms with E-state index in [-0.39, 0.29) is 11.4 Å². The molecule has 0 aliphatic carbocycles. The van der Waals surface area contributed by atoms with E-state index in [2.05, 4.69) is 0 Å². The van der Waals surface area contributed by atoms with Crippen molar-refractivity contribution in [3.05, 3.63) is 84.4 Å². The van der Waals surface area contributed by atoms with E-state index in [0.29, 0.717) is 41.0 Å². The van der Waals surface area contributed by atoms with Crippen LogP contribution in [-0.4, -0.2) is 27.1 Å². The summed E-state index contributed by atoms with van der Waals surface area (Å²) >= 11 is 0. The van der Waals surface area contributed by atoms with Crippen LogP contribution >= 0.6 is 0 Å². The van der Waals surface area contributed by atoms with Crippen molar-refractivity contribution in [1.29, 1.82) is 0 Å². The Morgan fingerprint density at radius 1 is 0.879 bits per heavy atom. The lowest BCUT2D eigenvalue weighted by molar-refractivity contribution is 0.0508. The molecule has 7 nitrogen and oxygen atoms in total. The predicted molar refractivity (Wildman–Crippen MR) is 128 cm³/mol. The number of benzene rings is 3. The van der Waals surface area contributed by atoms with Crippen molar-refractivity contribution < 1.29 is 14.3 Å². The van der Waals surface area contributed by atoms with E-state index < -0.39 is 5.97 Å². The van der Waals surface area contributed by atoms with E-state index in [1.807, 2.05) is 85.8 Å². The number of rotatable bonds is 6. The highest BCUT2D eigenvalue weighted by molar-refractivity contribution is 6.09. The zero-order chi connectivity index (χ0) is 22.8. The van der Waals surface area contributed by atoms with Crippen molar-refractivity contribution >= 4 is 34.0 Å². The number of nitrogens with zero attached hydrogens (tertiary/aromatic N) is 3. The molecule has 0 atom stereocenters. The number of carbonyl (C=O) groups excluding carboxylic acids is 1. The number of esters is 1. The summed E-state index contributed by atoms with van der Waals surface area (Å²) in [5.41, 5.74) is 9.75. The smallest absolute Gasteiger partial charge is 0.344 e. The average molecular weight is 438 g/mol. The summed E-state index contributed by atoms with van der Waals surface area (Å²) in [5, 5.41) is 0. The molecule has 3 aromatic carbocycles. The molecule has 0 amide bonds. The van der Waals surface area contributed by atoms with Crippen LogP contribution in [0.15, 0.2) is 78.9 Å². The minimum atomic E-state index is -0.508. The summed E-state index contributed by atoms with van der Waals surface area (Å²) in [6.45, 7) is 2.24. The first kappa shape index (κ1) is 20.5. The number of fused-ring (bicyclic) bond motifs is 2. The maximum absolute atomic E-state index is 12.9. The molecule has 33 heavy (non-hydrogen) atoms. The van der Waals surface area contributed by atoms with Crippen molar-refractivity contribution in [3.63, 3.8) is 0 Å². The van der Waals surface area contributed by atoms with Crippen LogP contribution in [-0.2, 0) is 4.74 Å². The molecule has 0 spiro atoms. The summed E-state index contributed by atoms with van der Waals surface area (Å²) in [6, 6.07) is 24.5. The van der Waals surface area contributed by atoms with Gasteiger partial charge in [0.1, 0.15) is 28.4 Å². The largest absolute Gasteiger partial charge is 0.462 e. The maximum Gasteiger partial charge on any atom is 0.344 e. The van der Waals surface area contributed by atoms with E-state index in [1.54, 1.807) is 4.57 Å². The summed E-state index contributed by atoms with van der Waals surface area (Å²) in [7, 11) is 0. The second kappa shape index (κ2) is 8.63. The zero-order valence-corrected chi connectivity index (χ0v) is 18.1. The maximum atomic E-state index is 12.9. The van der Waals surface area contributed by atoms with Crippen LogP contribution in [0, 0.1) is 0 Å². The number of nitrogen functional groups attached to an aromatic ring is 1. The minimum Gasteiger partial charge on any atom is -0.462 e. The Morgan fingerprint density at radius 2 is 1.52 bits per heavy atom. The third kappa shape index (κ3) is 3.85. The van der Waals surface area contributed by atoms with Gasteiger partial charge in [-0.2, -0.15) is 0 Å². The fraction of sp³-hybridized carbons (Fsp3) is 0.115. The third-order valence-electron chi connectivity index (χ3n) is 5.21. The number of hydrogen-bond donors (Lipinski definition) is 1. The molecule has 0 fully saturated rings. The molecule has 164 valence electrons. The Bertz CT molecular complexity index is 1440. The molecule has 0 bridgehead atoms. The van der Waals surface area contributed by atoms with Gasteiger partial charge < -0.3 is 15.2 Å². The lowest BCUT2D eigenvalue weighted by atomic mass is 10.2. The van der Waals surface area contributed by atoms with Gasteiger partial charge in [-0.3, -0.25) is 4.57 Å². The minimum absolute atomic E-state index is 0.223. The second-order valence-electron chi connectivity index (χ2n) is 7.53.